The minimum Gasteiger partial charge on any atom is -0.365 e. The fourth-order valence-corrected chi connectivity index (χ4v) is 3.78. The van der Waals surface area contributed by atoms with Gasteiger partial charge in [0, 0.05) is 22.2 Å². The van der Waals surface area contributed by atoms with Gasteiger partial charge in [-0.1, -0.05) is 17.8 Å². The van der Waals surface area contributed by atoms with E-state index >= 15 is 0 Å². The topological polar surface area (TPSA) is 53.6 Å². The predicted octanol–water partition coefficient (Wildman–Crippen LogP) is 5.67. The van der Waals surface area contributed by atoms with Gasteiger partial charge in [-0.2, -0.15) is 0 Å². The number of thiophene rings is 1. The van der Waals surface area contributed by atoms with Crippen LogP contribution in [0.15, 0.2) is 65.3 Å². The number of rotatable bonds is 6. The number of nitrogens with one attached hydrogen (secondary N) is 2. The molecule has 0 spiro atoms. The Morgan fingerprint density at radius 2 is 2.00 bits per heavy atom. The first kappa shape index (κ1) is 17.8. The molecule has 3 aromatic heterocycles. The molecule has 0 unspecified atom stereocenters. The van der Waals surface area contributed by atoms with Gasteiger partial charge in [-0.25, -0.2) is 14.4 Å². The second-order valence-corrected chi connectivity index (χ2v) is 7.67. The molecule has 7 heteroatoms. The minimum atomic E-state index is -0.256. The van der Waals surface area contributed by atoms with Crippen LogP contribution in [0.25, 0.3) is 22.5 Å². The molecular weight excluding hydrogens is 379 g/mol. The number of aromatic amines is 1. The molecule has 0 aliphatic heterocycles. The van der Waals surface area contributed by atoms with Crippen LogP contribution in [0.3, 0.4) is 0 Å². The van der Waals surface area contributed by atoms with Crippen LogP contribution >= 0.6 is 23.1 Å². The van der Waals surface area contributed by atoms with E-state index in [9.17, 15) is 4.39 Å². The number of anilines is 1. The number of halogens is 1. The van der Waals surface area contributed by atoms with E-state index in [0.29, 0.717) is 0 Å². The second kappa shape index (κ2) is 7.94. The van der Waals surface area contributed by atoms with E-state index in [1.165, 1.54) is 28.8 Å². The quantitative estimate of drug-likeness (QED) is 0.412. The Morgan fingerprint density at radius 3 is 2.74 bits per heavy atom. The monoisotopic (exact) mass is 396 g/mol. The molecule has 2 N–H and O–H groups in total. The van der Waals surface area contributed by atoms with Crippen LogP contribution in [0.1, 0.15) is 4.88 Å². The summed E-state index contributed by atoms with van der Waals surface area (Å²) in [7, 11) is 0. The van der Waals surface area contributed by atoms with E-state index < -0.39 is 0 Å². The summed E-state index contributed by atoms with van der Waals surface area (Å²) >= 11 is 3.25. The highest BCUT2D eigenvalue weighted by Gasteiger charge is 2.15. The fourth-order valence-electron chi connectivity index (χ4n) is 2.75. The molecule has 4 rings (SSSR count). The second-order valence-electron chi connectivity index (χ2n) is 5.84. The van der Waals surface area contributed by atoms with Crippen LogP contribution in [0, 0.1) is 5.82 Å². The van der Waals surface area contributed by atoms with Crippen molar-refractivity contribution < 1.29 is 4.39 Å². The molecule has 4 nitrogen and oxygen atoms in total. The van der Waals surface area contributed by atoms with Gasteiger partial charge in [0.1, 0.15) is 11.6 Å². The van der Waals surface area contributed by atoms with Gasteiger partial charge in [-0.05, 0) is 54.1 Å². The predicted molar refractivity (Wildman–Crippen MR) is 111 cm³/mol. The number of H-pyrrole nitrogens is 1. The van der Waals surface area contributed by atoms with E-state index in [0.717, 1.165) is 40.0 Å². The average Bonchev–Trinajstić information content (AvgIpc) is 3.37. The van der Waals surface area contributed by atoms with Crippen molar-refractivity contribution in [2.24, 2.45) is 0 Å². The maximum Gasteiger partial charge on any atom is 0.166 e. The lowest BCUT2D eigenvalue weighted by molar-refractivity contribution is 0.628. The first-order chi connectivity index (χ1) is 13.2. The smallest absolute Gasteiger partial charge is 0.166 e. The van der Waals surface area contributed by atoms with E-state index in [1.54, 1.807) is 29.7 Å². The molecule has 0 atom stereocenters. The largest absolute Gasteiger partial charge is 0.365 e. The van der Waals surface area contributed by atoms with Crippen LogP contribution in [0.2, 0.25) is 0 Å². The molecule has 0 bridgehead atoms. The standard InChI is InChI=1S/C20H17FN4S2/c1-26-20-24-18(13-4-6-15(21)7-5-13)19(25-20)14-8-9-22-17(11-14)23-12-16-3-2-10-27-16/h2-11H,12H2,1H3,(H,22,23)(H,24,25). The van der Waals surface area contributed by atoms with Gasteiger partial charge in [0.2, 0.25) is 0 Å². The molecule has 1 aromatic carbocycles. The third kappa shape index (κ3) is 4.04. The Hall–Kier alpha value is -2.64. The zero-order valence-electron chi connectivity index (χ0n) is 14.6. The number of aromatic nitrogens is 3. The SMILES string of the molecule is CSc1nc(-c2ccnc(NCc3cccs3)c2)c(-c2ccc(F)cc2)[nH]1. The molecule has 136 valence electrons. The number of hydrogen-bond acceptors (Lipinski definition) is 5. The molecule has 0 amide bonds. The zero-order valence-corrected chi connectivity index (χ0v) is 16.2. The molecule has 0 aliphatic rings. The normalized spacial score (nSPS) is 10.9. The highest BCUT2D eigenvalue weighted by atomic mass is 32.2. The Kier molecular flexibility index (Phi) is 5.22. The van der Waals surface area contributed by atoms with Gasteiger partial charge in [0.05, 0.1) is 17.9 Å². The van der Waals surface area contributed by atoms with Crippen molar-refractivity contribution in [2.45, 2.75) is 11.7 Å². The van der Waals surface area contributed by atoms with Gasteiger partial charge in [0.15, 0.2) is 5.16 Å². The lowest BCUT2D eigenvalue weighted by Crippen LogP contribution is -1.99. The summed E-state index contributed by atoms with van der Waals surface area (Å²) < 4.78 is 13.3. The van der Waals surface area contributed by atoms with Crippen LogP contribution in [-0.2, 0) is 6.54 Å². The van der Waals surface area contributed by atoms with Crippen molar-refractivity contribution in [1.29, 1.82) is 0 Å². The van der Waals surface area contributed by atoms with E-state index in [4.69, 9.17) is 4.98 Å². The van der Waals surface area contributed by atoms with Gasteiger partial charge in [-0.15, -0.1) is 11.3 Å². The number of benzene rings is 1. The van der Waals surface area contributed by atoms with Gasteiger partial charge >= 0.3 is 0 Å². The number of nitrogens with zero attached hydrogens (tertiary/aromatic N) is 2. The molecule has 0 saturated carbocycles. The third-order valence-electron chi connectivity index (χ3n) is 4.07. The Morgan fingerprint density at radius 1 is 1.15 bits per heavy atom. The first-order valence-electron chi connectivity index (χ1n) is 8.35. The van der Waals surface area contributed by atoms with Crippen LogP contribution in [-0.4, -0.2) is 21.2 Å². The summed E-state index contributed by atoms with van der Waals surface area (Å²) in [6.07, 6.45) is 3.74. The minimum absolute atomic E-state index is 0.256. The van der Waals surface area contributed by atoms with Crippen LogP contribution < -0.4 is 5.32 Å². The van der Waals surface area contributed by atoms with Gasteiger partial charge in [0.25, 0.3) is 0 Å². The fraction of sp³-hybridized carbons (Fsp3) is 0.100. The maximum absolute atomic E-state index is 13.3. The van der Waals surface area contributed by atoms with Crippen molar-refractivity contribution >= 4 is 28.9 Å². The summed E-state index contributed by atoms with van der Waals surface area (Å²) in [4.78, 5) is 13.7. The van der Waals surface area contributed by atoms with E-state index in [2.05, 4.69) is 26.7 Å². The number of hydrogen-bond donors (Lipinski definition) is 2. The maximum atomic E-state index is 13.3. The molecule has 0 saturated heterocycles. The van der Waals surface area contributed by atoms with Crippen LogP contribution in [0.5, 0.6) is 0 Å². The number of pyridine rings is 1. The van der Waals surface area contributed by atoms with E-state index in [-0.39, 0.29) is 5.82 Å². The van der Waals surface area contributed by atoms with Crippen molar-refractivity contribution in [3.63, 3.8) is 0 Å². The average molecular weight is 397 g/mol. The third-order valence-corrected chi connectivity index (χ3v) is 5.52. The molecule has 3 heterocycles. The summed E-state index contributed by atoms with van der Waals surface area (Å²) in [5.41, 5.74) is 3.54. The number of thioether (sulfide) groups is 1. The lowest BCUT2D eigenvalue weighted by atomic mass is 10.1. The van der Waals surface area contributed by atoms with Gasteiger partial charge < -0.3 is 10.3 Å². The van der Waals surface area contributed by atoms with Crippen LogP contribution in [0.4, 0.5) is 10.2 Å². The highest BCUT2D eigenvalue weighted by Crippen LogP contribution is 2.33. The molecule has 0 aliphatic carbocycles. The highest BCUT2D eigenvalue weighted by molar-refractivity contribution is 7.98. The van der Waals surface area contributed by atoms with Crippen molar-refractivity contribution in [3.8, 4) is 22.5 Å². The van der Waals surface area contributed by atoms with Crippen molar-refractivity contribution in [3.05, 3.63) is 70.8 Å². The summed E-state index contributed by atoms with van der Waals surface area (Å²) in [6.45, 7) is 0.732. The van der Waals surface area contributed by atoms with Crippen molar-refractivity contribution in [1.82, 2.24) is 15.0 Å². The summed E-state index contributed by atoms with van der Waals surface area (Å²) in [5, 5.41) is 6.22. The molecule has 4 aromatic rings. The Labute approximate surface area is 164 Å². The summed E-state index contributed by atoms with van der Waals surface area (Å²) in [6, 6.07) is 14.5. The molecular formula is C20H17FN4S2. The lowest BCUT2D eigenvalue weighted by Gasteiger charge is -2.07. The van der Waals surface area contributed by atoms with Crippen molar-refractivity contribution in [2.75, 3.05) is 11.6 Å². The molecule has 0 fully saturated rings. The zero-order chi connectivity index (χ0) is 18.6. The first-order valence-corrected chi connectivity index (χ1v) is 10.5. The Balaban J connectivity index is 1.67. The van der Waals surface area contributed by atoms with E-state index in [1.807, 2.05) is 24.5 Å². The number of imidazole rings is 1. The molecule has 27 heavy (non-hydrogen) atoms. The van der Waals surface area contributed by atoms with Gasteiger partial charge in [-0.3, -0.25) is 0 Å². The summed E-state index contributed by atoms with van der Waals surface area (Å²) in [5.74, 6) is 0.536. The molecule has 0 radical (unpaired) electrons. The Bertz CT molecular complexity index is 1030.